The van der Waals surface area contributed by atoms with Gasteiger partial charge >= 0.3 is 0 Å². The summed E-state index contributed by atoms with van der Waals surface area (Å²) in [6.07, 6.45) is 1.78. The largest absolute Gasteiger partial charge is 0.380 e. The Morgan fingerprint density at radius 1 is 1.47 bits per heavy atom. The van der Waals surface area contributed by atoms with Crippen LogP contribution in [0, 0.1) is 0 Å². The lowest BCUT2D eigenvalue weighted by atomic mass is 10.3. The van der Waals surface area contributed by atoms with Gasteiger partial charge in [-0.15, -0.1) is 24.0 Å². The van der Waals surface area contributed by atoms with Gasteiger partial charge in [0.15, 0.2) is 4.47 Å². The maximum absolute atomic E-state index is 5.73. The number of rotatable bonds is 3. The smallest absolute Gasteiger partial charge is 0.183 e. The number of aromatic nitrogens is 1. The van der Waals surface area contributed by atoms with Gasteiger partial charge in [0.2, 0.25) is 0 Å². The van der Waals surface area contributed by atoms with Crippen molar-refractivity contribution in [2.24, 2.45) is 0 Å². The molecule has 0 fully saturated rings. The van der Waals surface area contributed by atoms with Crippen molar-refractivity contribution >= 4 is 41.3 Å². The Morgan fingerprint density at radius 2 is 2.33 bits per heavy atom. The second-order valence-corrected chi connectivity index (χ2v) is 5.20. The summed E-state index contributed by atoms with van der Waals surface area (Å²) >= 11 is 11.5. The average molecular weight is 257 g/mol. The summed E-state index contributed by atoms with van der Waals surface area (Å²) < 4.78 is 0.578. The van der Waals surface area contributed by atoms with Crippen molar-refractivity contribution in [3.63, 3.8) is 0 Å². The van der Waals surface area contributed by atoms with Crippen molar-refractivity contribution in [1.82, 2.24) is 4.98 Å². The van der Waals surface area contributed by atoms with Crippen LogP contribution < -0.4 is 5.32 Å². The van der Waals surface area contributed by atoms with E-state index in [4.69, 9.17) is 11.6 Å². The number of anilines is 1. The molecule has 15 heavy (non-hydrogen) atoms. The first-order valence-corrected chi connectivity index (χ1v) is 6.01. The minimum absolute atomic E-state index is 0.578. The molecule has 0 atom stereocenters. The van der Waals surface area contributed by atoms with E-state index in [1.165, 1.54) is 11.3 Å². The summed E-state index contributed by atoms with van der Waals surface area (Å²) in [5, 5.41) is 3.28. The van der Waals surface area contributed by atoms with E-state index >= 15 is 0 Å². The van der Waals surface area contributed by atoms with E-state index in [2.05, 4.69) is 22.9 Å². The molecule has 0 aliphatic heterocycles. The van der Waals surface area contributed by atoms with E-state index in [-0.39, 0.29) is 0 Å². The second-order valence-electron chi connectivity index (χ2n) is 2.98. The Hall–Kier alpha value is -0.710. The molecule has 0 aliphatic carbocycles. The normalized spacial score (nSPS) is 10.3. The Bertz CT molecular complexity index is 456. The predicted octanol–water partition coefficient (Wildman–Crippen LogP) is 3.70. The zero-order valence-corrected chi connectivity index (χ0v) is 10.2. The lowest BCUT2D eigenvalue weighted by Crippen LogP contribution is -1.96. The van der Waals surface area contributed by atoms with Gasteiger partial charge in [0.1, 0.15) is 0 Å². The Balaban J connectivity index is 1.99. The van der Waals surface area contributed by atoms with Crippen molar-refractivity contribution in [2.45, 2.75) is 11.4 Å². The Labute approximate surface area is 103 Å². The van der Waals surface area contributed by atoms with Gasteiger partial charge < -0.3 is 5.32 Å². The zero-order valence-electron chi connectivity index (χ0n) is 7.77. The summed E-state index contributed by atoms with van der Waals surface area (Å²) in [5.74, 6) is 0. The summed E-state index contributed by atoms with van der Waals surface area (Å²) in [6.45, 7) is 0.738. The number of hydrogen-bond acceptors (Lipinski definition) is 4. The molecular weight excluding hydrogens is 248 g/mol. The van der Waals surface area contributed by atoms with Crippen molar-refractivity contribution < 1.29 is 0 Å². The van der Waals surface area contributed by atoms with Crippen LogP contribution >= 0.6 is 35.6 Å². The van der Waals surface area contributed by atoms with Crippen LogP contribution in [-0.4, -0.2) is 4.98 Å². The second kappa shape index (κ2) is 4.88. The molecule has 2 aromatic rings. The minimum atomic E-state index is 0.578. The highest BCUT2D eigenvalue weighted by Gasteiger charge is 1.99. The maximum atomic E-state index is 5.73. The molecule has 1 aromatic heterocycles. The highest BCUT2D eigenvalue weighted by Crippen LogP contribution is 2.19. The number of nitrogens with zero attached hydrogens (tertiary/aromatic N) is 1. The Kier molecular flexibility index (Phi) is 3.51. The highest BCUT2D eigenvalue weighted by atomic mass is 35.5. The fourth-order valence-corrected chi connectivity index (χ4v) is 2.31. The number of hydrogen-bond donors (Lipinski definition) is 2. The van der Waals surface area contributed by atoms with Gasteiger partial charge in [-0.3, -0.25) is 0 Å². The molecule has 1 heterocycles. The van der Waals surface area contributed by atoms with Gasteiger partial charge in [0.25, 0.3) is 0 Å². The molecule has 2 nitrogen and oxygen atoms in total. The third-order valence-corrected chi connectivity index (χ3v) is 3.23. The molecule has 0 radical (unpaired) electrons. The molecule has 1 aromatic carbocycles. The van der Waals surface area contributed by atoms with Gasteiger partial charge in [-0.2, -0.15) is 0 Å². The molecule has 5 heteroatoms. The molecule has 0 spiro atoms. The molecule has 0 saturated carbocycles. The van der Waals surface area contributed by atoms with E-state index in [0.717, 1.165) is 22.0 Å². The van der Waals surface area contributed by atoms with Gasteiger partial charge in [-0.05, 0) is 18.2 Å². The van der Waals surface area contributed by atoms with Crippen LogP contribution in [-0.2, 0) is 6.54 Å². The zero-order chi connectivity index (χ0) is 10.7. The van der Waals surface area contributed by atoms with Crippen LogP contribution in [0.3, 0.4) is 0 Å². The van der Waals surface area contributed by atoms with E-state index in [0.29, 0.717) is 4.47 Å². The number of thiol groups is 1. The third-order valence-electron chi connectivity index (χ3n) is 1.84. The van der Waals surface area contributed by atoms with Gasteiger partial charge in [0.05, 0.1) is 6.54 Å². The SMILES string of the molecule is Sc1cccc(NCc2cnc(Cl)s2)c1. The first-order valence-electron chi connectivity index (χ1n) is 4.37. The summed E-state index contributed by atoms with van der Waals surface area (Å²) in [4.78, 5) is 6.04. The van der Waals surface area contributed by atoms with E-state index < -0.39 is 0 Å². The number of halogens is 1. The van der Waals surface area contributed by atoms with Crippen LogP contribution in [0.5, 0.6) is 0 Å². The monoisotopic (exact) mass is 256 g/mol. The lowest BCUT2D eigenvalue weighted by Gasteiger charge is -2.04. The summed E-state index contributed by atoms with van der Waals surface area (Å²) in [7, 11) is 0. The number of thiazole rings is 1. The quantitative estimate of drug-likeness (QED) is 0.819. The Morgan fingerprint density at radius 3 is 3.00 bits per heavy atom. The van der Waals surface area contributed by atoms with E-state index in [1.807, 2.05) is 24.3 Å². The molecule has 0 saturated heterocycles. The van der Waals surface area contributed by atoms with Crippen LogP contribution in [0.4, 0.5) is 5.69 Å². The van der Waals surface area contributed by atoms with E-state index in [9.17, 15) is 0 Å². The topological polar surface area (TPSA) is 24.9 Å². The molecule has 78 valence electrons. The minimum Gasteiger partial charge on any atom is -0.380 e. The number of benzene rings is 1. The van der Waals surface area contributed by atoms with Gasteiger partial charge in [0, 0.05) is 21.7 Å². The fraction of sp³-hybridized carbons (Fsp3) is 0.100. The maximum Gasteiger partial charge on any atom is 0.183 e. The molecular formula is C10H9ClN2S2. The first-order chi connectivity index (χ1) is 7.24. The van der Waals surface area contributed by atoms with Crippen LogP contribution in [0.15, 0.2) is 35.4 Å². The van der Waals surface area contributed by atoms with Crippen LogP contribution in [0.25, 0.3) is 0 Å². The van der Waals surface area contributed by atoms with Gasteiger partial charge in [-0.25, -0.2) is 4.98 Å². The fourth-order valence-electron chi connectivity index (χ4n) is 1.17. The average Bonchev–Trinajstić information content (AvgIpc) is 2.62. The highest BCUT2D eigenvalue weighted by molar-refractivity contribution is 7.80. The molecule has 1 N–H and O–H groups in total. The van der Waals surface area contributed by atoms with Crippen molar-refractivity contribution in [1.29, 1.82) is 0 Å². The standard InChI is InChI=1S/C10H9ClN2S2/c11-10-13-6-9(15-10)5-12-7-2-1-3-8(14)4-7/h1-4,6,12,14H,5H2. The predicted molar refractivity (Wildman–Crippen MR) is 68.1 cm³/mol. The molecule has 0 amide bonds. The van der Waals surface area contributed by atoms with Crippen molar-refractivity contribution in [3.05, 3.63) is 39.8 Å². The molecule has 0 unspecified atom stereocenters. The molecule has 0 bridgehead atoms. The van der Waals surface area contributed by atoms with Crippen LogP contribution in [0.2, 0.25) is 4.47 Å². The summed E-state index contributed by atoms with van der Waals surface area (Å²) in [5.41, 5.74) is 1.05. The van der Waals surface area contributed by atoms with E-state index in [1.54, 1.807) is 6.20 Å². The lowest BCUT2D eigenvalue weighted by molar-refractivity contribution is 1.17. The third kappa shape index (κ3) is 3.12. The van der Waals surface area contributed by atoms with Crippen molar-refractivity contribution in [2.75, 3.05) is 5.32 Å². The van der Waals surface area contributed by atoms with Gasteiger partial charge in [-0.1, -0.05) is 17.7 Å². The molecule has 2 rings (SSSR count). The van der Waals surface area contributed by atoms with Crippen molar-refractivity contribution in [3.8, 4) is 0 Å². The summed E-state index contributed by atoms with van der Waals surface area (Å²) in [6, 6.07) is 7.89. The first kappa shape index (κ1) is 10.8. The number of nitrogens with one attached hydrogen (secondary N) is 1. The van der Waals surface area contributed by atoms with Crippen LogP contribution in [0.1, 0.15) is 4.88 Å². The molecule has 0 aliphatic rings.